The van der Waals surface area contributed by atoms with Crippen LogP contribution in [0.15, 0.2) is 53.1 Å². The lowest BCUT2D eigenvalue weighted by molar-refractivity contribution is 0.395. The van der Waals surface area contributed by atoms with Crippen molar-refractivity contribution in [1.29, 1.82) is 0 Å². The molecule has 2 aromatic heterocycles. The van der Waals surface area contributed by atoms with E-state index < -0.39 is 0 Å². The number of aryl methyl sites for hydroxylation is 1. The van der Waals surface area contributed by atoms with Crippen LogP contribution in [0.2, 0.25) is 0 Å². The molecule has 0 fully saturated rings. The van der Waals surface area contributed by atoms with Crippen molar-refractivity contribution in [3.63, 3.8) is 0 Å². The van der Waals surface area contributed by atoms with E-state index in [9.17, 15) is 0 Å². The van der Waals surface area contributed by atoms with E-state index in [1.54, 1.807) is 14.2 Å². The van der Waals surface area contributed by atoms with Gasteiger partial charge in [-0.05, 0) is 19.1 Å². The number of benzene rings is 2. The molecular formula is C20H17N3O3. The Kier molecular flexibility index (Phi) is 4.01. The number of ether oxygens (including phenoxy) is 2. The van der Waals surface area contributed by atoms with Crippen LogP contribution in [0.3, 0.4) is 0 Å². The molecule has 0 radical (unpaired) electrons. The van der Waals surface area contributed by atoms with Gasteiger partial charge in [0.25, 0.3) is 0 Å². The molecule has 0 aliphatic rings. The number of hydrogen-bond donors (Lipinski definition) is 0. The molecule has 4 rings (SSSR count). The second-order valence-electron chi connectivity index (χ2n) is 5.77. The normalized spacial score (nSPS) is 10.9. The number of hydrogen-bond acceptors (Lipinski definition) is 6. The summed E-state index contributed by atoms with van der Waals surface area (Å²) in [5.74, 6) is 1.95. The monoisotopic (exact) mass is 347 g/mol. The molecule has 6 heteroatoms. The molecule has 0 saturated heterocycles. The van der Waals surface area contributed by atoms with Gasteiger partial charge in [0.05, 0.1) is 14.2 Å². The van der Waals surface area contributed by atoms with Crippen LogP contribution in [0.5, 0.6) is 11.5 Å². The highest BCUT2D eigenvalue weighted by molar-refractivity contribution is 5.92. The molecule has 0 saturated carbocycles. The van der Waals surface area contributed by atoms with E-state index in [0.717, 1.165) is 11.1 Å². The zero-order valence-corrected chi connectivity index (χ0v) is 14.7. The quantitative estimate of drug-likeness (QED) is 0.549. The molecule has 6 nitrogen and oxygen atoms in total. The van der Waals surface area contributed by atoms with Crippen molar-refractivity contribution in [1.82, 2.24) is 15.1 Å². The highest BCUT2D eigenvalue weighted by atomic mass is 16.5. The first-order chi connectivity index (χ1) is 12.7. The average Bonchev–Trinajstić information content (AvgIpc) is 3.08. The van der Waals surface area contributed by atoms with Gasteiger partial charge in [-0.2, -0.15) is 0 Å². The highest BCUT2D eigenvalue weighted by Crippen LogP contribution is 2.37. The first-order valence-electron chi connectivity index (χ1n) is 8.13. The Morgan fingerprint density at radius 2 is 1.73 bits per heavy atom. The van der Waals surface area contributed by atoms with Gasteiger partial charge in [-0.3, -0.25) is 0 Å². The van der Waals surface area contributed by atoms with Crippen molar-refractivity contribution in [3.8, 4) is 34.1 Å². The summed E-state index contributed by atoms with van der Waals surface area (Å²) in [5.41, 5.74) is 4.28. The molecule has 0 aliphatic carbocycles. The molecule has 0 N–H and O–H groups in total. The molecule has 26 heavy (non-hydrogen) atoms. The molecule has 130 valence electrons. The Bertz CT molecular complexity index is 1070. The van der Waals surface area contributed by atoms with Gasteiger partial charge in [0.1, 0.15) is 28.4 Å². The lowest BCUT2D eigenvalue weighted by Crippen LogP contribution is -1.96. The molecule has 0 atom stereocenters. The fourth-order valence-electron chi connectivity index (χ4n) is 2.83. The maximum Gasteiger partial charge on any atom is 0.211 e. The van der Waals surface area contributed by atoms with E-state index in [1.807, 2.05) is 55.5 Å². The fourth-order valence-corrected chi connectivity index (χ4v) is 2.83. The molecule has 0 bridgehead atoms. The highest BCUT2D eigenvalue weighted by Gasteiger charge is 2.20. The Balaban J connectivity index is 2.00. The van der Waals surface area contributed by atoms with Crippen LogP contribution < -0.4 is 9.47 Å². The van der Waals surface area contributed by atoms with Crippen molar-refractivity contribution in [2.45, 2.75) is 6.92 Å². The van der Waals surface area contributed by atoms with Crippen LogP contribution in [-0.4, -0.2) is 29.3 Å². The second kappa shape index (κ2) is 6.48. The summed E-state index contributed by atoms with van der Waals surface area (Å²) in [7, 11) is 3.23. The van der Waals surface area contributed by atoms with Gasteiger partial charge >= 0.3 is 0 Å². The van der Waals surface area contributed by atoms with E-state index in [1.165, 1.54) is 0 Å². The van der Waals surface area contributed by atoms with Gasteiger partial charge in [-0.1, -0.05) is 35.5 Å². The Morgan fingerprint density at radius 3 is 2.46 bits per heavy atom. The zero-order valence-electron chi connectivity index (χ0n) is 14.7. The van der Waals surface area contributed by atoms with Crippen LogP contribution in [-0.2, 0) is 0 Å². The summed E-state index contributed by atoms with van der Waals surface area (Å²) in [6.45, 7) is 1.86. The minimum atomic E-state index is 0.533. The van der Waals surface area contributed by atoms with Gasteiger partial charge in [0.2, 0.25) is 5.58 Å². The maximum absolute atomic E-state index is 5.54. The van der Waals surface area contributed by atoms with Crippen molar-refractivity contribution in [2.24, 2.45) is 0 Å². The summed E-state index contributed by atoms with van der Waals surface area (Å²) >= 11 is 0. The lowest BCUT2D eigenvalue weighted by atomic mass is 10.1. The minimum Gasteiger partial charge on any atom is -0.497 e. The van der Waals surface area contributed by atoms with Crippen LogP contribution in [0.1, 0.15) is 5.69 Å². The standard InChI is InChI=1S/C20H17N3O3/c1-12-17-19(26-23-12)18(15-10-9-14(24-2)11-16(15)25-3)22-20(21-17)13-7-5-4-6-8-13/h4-11H,1-3H3. The fraction of sp³-hybridized carbons (Fsp3) is 0.150. The van der Waals surface area contributed by atoms with Crippen molar-refractivity contribution in [2.75, 3.05) is 14.2 Å². The van der Waals surface area contributed by atoms with Gasteiger partial charge in [-0.25, -0.2) is 9.97 Å². The molecule has 2 aromatic carbocycles. The average molecular weight is 347 g/mol. The third-order valence-corrected chi connectivity index (χ3v) is 4.18. The van der Waals surface area contributed by atoms with E-state index >= 15 is 0 Å². The van der Waals surface area contributed by atoms with E-state index in [2.05, 4.69) is 10.1 Å². The summed E-state index contributed by atoms with van der Waals surface area (Å²) in [5, 5.41) is 4.06. The van der Waals surface area contributed by atoms with Gasteiger partial charge in [0.15, 0.2) is 5.82 Å². The first-order valence-corrected chi connectivity index (χ1v) is 8.13. The summed E-state index contributed by atoms with van der Waals surface area (Å²) in [6, 6.07) is 15.4. The Hall–Kier alpha value is -3.41. The Morgan fingerprint density at radius 1 is 0.923 bits per heavy atom. The number of nitrogens with zero attached hydrogens (tertiary/aromatic N) is 3. The van der Waals surface area contributed by atoms with E-state index in [0.29, 0.717) is 39.8 Å². The van der Waals surface area contributed by atoms with Crippen molar-refractivity contribution < 1.29 is 14.0 Å². The number of methoxy groups -OCH3 is 2. The topological polar surface area (TPSA) is 70.3 Å². The van der Waals surface area contributed by atoms with Gasteiger partial charge in [0, 0.05) is 17.2 Å². The lowest BCUT2D eigenvalue weighted by Gasteiger charge is -2.11. The number of aromatic nitrogens is 3. The van der Waals surface area contributed by atoms with Gasteiger partial charge in [-0.15, -0.1) is 0 Å². The molecule has 0 spiro atoms. The third kappa shape index (κ3) is 2.65. The summed E-state index contributed by atoms with van der Waals surface area (Å²) in [6.07, 6.45) is 0. The van der Waals surface area contributed by atoms with Gasteiger partial charge < -0.3 is 14.0 Å². The third-order valence-electron chi connectivity index (χ3n) is 4.18. The van der Waals surface area contributed by atoms with Crippen molar-refractivity contribution >= 4 is 11.1 Å². The summed E-state index contributed by atoms with van der Waals surface area (Å²) < 4.78 is 16.3. The number of rotatable bonds is 4. The van der Waals surface area contributed by atoms with Crippen LogP contribution in [0.25, 0.3) is 33.7 Å². The minimum absolute atomic E-state index is 0.533. The first kappa shape index (κ1) is 16.1. The molecule has 0 aliphatic heterocycles. The summed E-state index contributed by atoms with van der Waals surface area (Å²) in [4.78, 5) is 9.40. The molecular weight excluding hydrogens is 330 g/mol. The molecule has 0 unspecified atom stereocenters. The van der Waals surface area contributed by atoms with E-state index in [4.69, 9.17) is 19.0 Å². The predicted octanol–water partition coefficient (Wildman–Crippen LogP) is 4.28. The van der Waals surface area contributed by atoms with E-state index in [-0.39, 0.29) is 0 Å². The van der Waals surface area contributed by atoms with Crippen molar-refractivity contribution in [3.05, 3.63) is 54.2 Å². The molecule has 2 heterocycles. The Labute approximate surface area is 150 Å². The maximum atomic E-state index is 5.54. The largest absolute Gasteiger partial charge is 0.497 e. The number of fused-ring (bicyclic) bond motifs is 1. The van der Waals surface area contributed by atoms with Crippen LogP contribution in [0.4, 0.5) is 0 Å². The predicted molar refractivity (Wildman–Crippen MR) is 98.3 cm³/mol. The molecule has 0 amide bonds. The molecule has 4 aromatic rings. The zero-order chi connectivity index (χ0) is 18.1. The smallest absolute Gasteiger partial charge is 0.211 e. The van der Waals surface area contributed by atoms with Crippen LogP contribution in [0, 0.1) is 6.92 Å². The SMILES string of the molecule is COc1ccc(-c2nc(-c3ccccc3)nc3c(C)noc23)c(OC)c1. The second-order valence-corrected chi connectivity index (χ2v) is 5.77. The van der Waals surface area contributed by atoms with Crippen LogP contribution >= 0.6 is 0 Å².